The normalized spacial score (nSPS) is 10.8. The van der Waals surface area contributed by atoms with Crippen molar-refractivity contribution in [2.45, 2.75) is 24.9 Å². The van der Waals surface area contributed by atoms with Crippen molar-refractivity contribution in [2.24, 2.45) is 0 Å². The Kier molecular flexibility index (Phi) is 7.02. The number of ether oxygens (including phenoxy) is 1. The number of fused-ring (bicyclic) bond motifs is 1. The lowest BCUT2D eigenvalue weighted by Crippen LogP contribution is -2.24. The summed E-state index contributed by atoms with van der Waals surface area (Å²) < 4.78 is 5.24. The number of carbonyl (C=O) groups is 1. The number of thioether (sulfide) groups is 1. The van der Waals surface area contributed by atoms with Gasteiger partial charge in [0.2, 0.25) is 5.91 Å². The molecule has 1 aromatic heterocycles. The highest BCUT2D eigenvalue weighted by Gasteiger charge is 2.13. The Labute approximate surface area is 192 Å². The van der Waals surface area contributed by atoms with Gasteiger partial charge in [0, 0.05) is 13.0 Å². The summed E-state index contributed by atoms with van der Waals surface area (Å²) in [6, 6.07) is 23.9. The molecule has 0 radical (unpaired) electrons. The Morgan fingerprint density at radius 1 is 0.938 bits per heavy atom. The van der Waals surface area contributed by atoms with E-state index in [4.69, 9.17) is 14.7 Å². The number of nitrogens with one attached hydrogen (secondary N) is 1. The molecule has 4 aromatic rings. The smallest absolute Gasteiger partial charge is 0.230 e. The monoisotopic (exact) mass is 443 g/mol. The van der Waals surface area contributed by atoms with Gasteiger partial charge in [-0.15, -0.1) is 0 Å². The van der Waals surface area contributed by atoms with Gasteiger partial charge in [0.1, 0.15) is 10.8 Å². The minimum absolute atomic E-state index is 0.0472. The number of aryl methyl sites for hydroxylation is 1. The van der Waals surface area contributed by atoms with E-state index in [-0.39, 0.29) is 11.7 Å². The molecule has 1 heterocycles. The van der Waals surface area contributed by atoms with E-state index in [1.54, 1.807) is 7.11 Å². The molecule has 32 heavy (non-hydrogen) atoms. The van der Waals surface area contributed by atoms with Crippen LogP contribution in [0.3, 0.4) is 0 Å². The zero-order chi connectivity index (χ0) is 22.3. The summed E-state index contributed by atoms with van der Waals surface area (Å²) in [5, 5.41) is 3.76. The summed E-state index contributed by atoms with van der Waals surface area (Å²) in [7, 11) is 1.63. The van der Waals surface area contributed by atoms with Crippen molar-refractivity contribution in [3.8, 4) is 5.75 Å². The lowest BCUT2D eigenvalue weighted by atomic mass is 10.1. The molecule has 0 unspecified atom stereocenters. The van der Waals surface area contributed by atoms with Crippen molar-refractivity contribution in [1.29, 1.82) is 0 Å². The second kappa shape index (κ2) is 10.3. The predicted molar refractivity (Wildman–Crippen MR) is 129 cm³/mol. The molecule has 0 aliphatic heterocycles. The van der Waals surface area contributed by atoms with Crippen LogP contribution in [0, 0.1) is 6.92 Å². The van der Waals surface area contributed by atoms with Gasteiger partial charge in [-0.1, -0.05) is 65.9 Å². The molecule has 0 bridgehead atoms. The minimum atomic E-state index is -0.0472. The van der Waals surface area contributed by atoms with E-state index in [2.05, 4.69) is 36.5 Å². The number of aromatic nitrogens is 2. The average Bonchev–Trinajstić information content (AvgIpc) is 2.83. The number of hydrogen-bond donors (Lipinski definition) is 1. The molecule has 0 saturated heterocycles. The van der Waals surface area contributed by atoms with E-state index in [9.17, 15) is 4.79 Å². The summed E-state index contributed by atoms with van der Waals surface area (Å²) in [6.45, 7) is 2.53. The van der Waals surface area contributed by atoms with Gasteiger partial charge in [0.25, 0.3) is 0 Å². The van der Waals surface area contributed by atoms with Gasteiger partial charge in [0.05, 0.1) is 29.6 Å². The molecule has 0 atom stereocenters. The van der Waals surface area contributed by atoms with Crippen LogP contribution >= 0.6 is 11.8 Å². The molecular formula is C26H25N3O2S. The van der Waals surface area contributed by atoms with E-state index >= 15 is 0 Å². The number of methoxy groups -OCH3 is 1. The maximum Gasteiger partial charge on any atom is 0.230 e. The summed E-state index contributed by atoms with van der Waals surface area (Å²) in [6.07, 6.45) is 0.672. The van der Waals surface area contributed by atoms with Crippen LogP contribution in [0.4, 0.5) is 0 Å². The molecule has 0 fully saturated rings. The standard InChI is InChI=1S/C26H25N3O2S/c1-18-10-12-19(13-11-18)15-24-26(29-23-9-4-3-8-22(23)28-24)32-17-25(30)27-16-20-6-5-7-21(14-20)31-2/h3-14H,15-17H2,1-2H3,(H,27,30). The first-order valence-corrected chi connectivity index (χ1v) is 11.4. The van der Waals surface area contributed by atoms with Crippen molar-refractivity contribution in [3.05, 3.63) is 95.2 Å². The number of benzene rings is 3. The second-order valence-corrected chi connectivity index (χ2v) is 8.51. The van der Waals surface area contributed by atoms with Gasteiger partial charge >= 0.3 is 0 Å². The quantitative estimate of drug-likeness (QED) is 0.391. The number of carbonyl (C=O) groups excluding carboxylic acids is 1. The summed E-state index contributed by atoms with van der Waals surface area (Å²) in [5.41, 5.74) is 5.97. The molecule has 1 amide bonds. The van der Waals surface area contributed by atoms with Crippen molar-refractivity contribution >= 4 is 28.7 Å². The summed E-state index contributed by atoms with van der Waals surface area (Å²) in [4.78, 5) is 22.2. The van der Waals surface area contributed by atoms with Crippen LogP contribution in [-0.2, 0) is 17.8 Å². The van der Waals surface area contributed by atoms with E-state index < -0.39 is 0 Å². The van der Waals surface area contributed by atoms with Crippen LogP contribution in [0.15, 0.2) is 77.8 Å². The molecule has 1 N–H and O–H groups in total. The number of nitrogens with zero attached hydrogens (tertiary/aromatic N) is 2. The Hall–Kier alpha value is -3.38. The Morgan fingerprint density at radius 2 is 1.69 bits per heavy atom. The molecule has 162 valence electrons. The third-order valence-electron chi connectivity index (χ3n) is 5.06. The zero-order valence-electron chi connectivity index (χ0n) is 18.2. The van der Waals surface area contributed by atoms with Crippen molar-refractivity contribution in [1.82, 2.24) is 15.3 Å². The number of amides is 1. The highest BCUT2D eigenvalue weighted by molar-refractivity contribution is 7.99. The zero-order valence-corrected chi connectivity index (χ0v) is 19.0. The first-order chi connectivity index (χ1) is 15.6. The topological polar surface area (TPSA) is 64.1 Å². The largest absolute Gasteiger partial charge is 0.497 e. The summed E-state index contributed by atoms with van der Waals surface area (Å²) in [5.74, 6) is 1.00. The second-order valence-electron chi connectivity index (χ2n) is 7.54. The van der Waals surface area contributed by atoms with Crippen LogP contribution in [0.25, 0.3) is 11.0 Å². The molecule has 0 aliphatic rings. The molecule has 0 spiro atoms. The van der Waals surface area contributed by atoms with Gasteiger partial charge in [-0.2, -0.15) is 0 Å². The molecular weight excluding hydrogens is 418 g/mol. The fraction of sp³-hybridized carbons (Fsp3) is 0.192. The van der Waals surface area contributed by atoms with Crippen LogP contribution in [0.5, 0.6) is 5.75 Å². The molecule has 6 heteroatoms. The van der Waals surface area contributed by atoms with Gasteiger partial charge in [-0.25, -0.2) is 9.97 Å². The third-order valence-corrected chi connectivity index (χ3v) is 6.07. The van der Waals surface area contributed by atoms with Crippen LogP contribution in [0.2, 0.25) is 0 Å². The number of hydrogen-bond acceptors (Lipinski definition) is 5. The highest BCUT2D eigenvalue weighted by Crippen LogP contribution is 2.25. The van der Waals surface area contributed by atoms with E-state index in [0.29, 0.717) is 13.0 Å². The fourth-order valence-corrected chi connectivity index (χ4v) is 4.14. The molecule has 5 nitrogen and oxygen atoms in total. The van der Waals surface area contributed by atoms with Crippen LogP contribution in [-0.4, -0.2) is 28.7 Å². The highest BCUT2D eigenvalue weighted by atomic mass is 32.2. The first kappa shape index (κ1) is 21.8. The lowest BCUT2D eigenvalue weighted by molar-refractivity contribution is -0.118. The van der Waals surface area contributed by atoms with Crippen molar-refractivity contribution < 1.29 is 9.53 Å². The third kappa shape index (κ3) is 5.65. The molecule has 0 aliphatic carbocycles. The Bertz CT molecular complexity index is 1230. The maximum absolute atomic E-state index is 12.5. The van der Waals surface area contributed by atoms with E-state index in [1.165, 1.54) is 22.9 Å². The van der Waals surface area contributed by atoms with Gasteiger partial charge < -0.3 is 10.1 Å². The van der Waals surface area contributed by atoms with E-state index in [1.807, 2.05) is 48.5 Å². The van der Waals surface area contributed by atoms with Crippen LogP contribution < -0.4 is 10.1 Å². The maximum atomic E-state index is 12.5. The minimum Gasteiger partial charge on any atom is -0.497 e. The SMILES string of the molecule is COc1cccc(CNC(=O)CSc2nc3ccccc3nc2Cc2ccc(C)cc2)c1. The van der Waals surface area contributed by atoms with Crippen LogP contribution in [0.1, 0.15) is 22.4 Å². The van der Waals surface area contributed by atoms with Gasteiger partial charge in [-0.3, -0.25) is 4.79 Å². The number of para-hydroxylation sites is 2. The Balaban J connectivity index is 1.46. The summed E-state index contributed by atoms with van der Waals surface area (Å²) >= 11 is 1.42. The van der Waals surface area contributed by atoms with Gasteiger partial charge in [-0.05, 0) is 42.3 Å². The van der Waals surface area contributed by atoms with Gasteiger partial charge in [0.15, 0.2) is 0 Å². The van der Waals surface area contributed by atoms with Crippen molar-refractivity contribution in [3.63, 3.8) is 0 Å². The molecule has 4 rings (SSSR count). The lowest BCUT2D eigenvalue weighted by Gasteiger charge is -2.11. The molecule has 0 saturated carbocycles. The predicted octanol–water partition coefficient (Wildman–Crippen LogP) is 4.95. The first-order valence-electron chi connectivity index (χ1n) is 10.4. The number of rotatable bonds is 8. The average molecular weight is 444 g/mol. The van der Waals surface area contributed by atoms with E-state index in [0.717, 1.165) is 33.1 Å². The fourth-order valence-electron chi connectivity index (χ4n) is 3.32. The van der Waals surface area contributed by atoms with Crippen molar-refractivity contribution in [2.75, 3.05) is 12.9 Å². The molecule has 3 aromatic carbocycles. The Morgan fingerprint density at radius 3 is 2.44 bits per heavy atom.